The standard InChI is InChI=1S/C8H18N2S/c1-3-10-8(6-9)4-5-11-7(8)2/h7,10H,3-6,9H2,1-2H3. The highest BCUT2D eigenvalue weighted by Crippen LogP contribution is 2.34. The molecular weight excluding hydrogens is 156 g/mol. The summed E-state index contributed by atoms with van der Waals surface area (Å²) in [6.45, 7) is 6.22. The SMILES string of the molecule is CCNC1(CN)CCSC1C. The van der Waals surface area contributed by atoms with Crippen LogP contribution in [0.4, 0.5) is 0 Å². The van der Waals surface area contributed by atoms with Gasteiger partial charge in [-0.3, -0.25) is 0 Å². The molecule has 1 rings (SSSR count). The molecule has 66 valence electrons. The molecule has 0 aliphatic carbocycles. The third-order valence-electron chi connectivity index (χ3n) is 2.59. The van der Waals surface area contributed by atoms with Crippen molar-refractivity contribution in [2.45, 2.75) is 31.1 Å². The lowest BCUT2D eigenvalue weighted by molar-refractivity contribution is 0.342. The second-order valence-corrected chi connectivity index (χ2v) is 4.60. The van der Waals surface area contributed by atoms with Gasteiger partial charge in [0.05, 0.1) is 0 Å². The van der Waals surface area contributed by atoms with Crippen molar-refractivity contribution < 1.29 is 0 Å². The van der Waals surface area contributed by atoms with E-state index in [9.17, 15) is 0 Å². The van der Waals surface area contributed by atoms with Gasteiger partial charge in [-0.15, -0.1) is 0 Å². The predicted molar refractivity (Wildman–Crippen MR) is 52.0 cm³/mol. The first-order chi connectivity index (χ1) is 5.25. The fourth-order valence-corrected chi connectivity index (χ4v) is 3.16. The van der Waals surface area contributed by atoms with Gasteiger partial charge in [-0.05, 0) is 18.7 Å². The summed E-state index contributed by atoms with van der Waals surface area (Å²) in [5, 5.41) is 4.19. The van der Waals surface area contributed by atoms with E-state index < -0.39 is 0 Å². The van der Waals surface area contributed by atoms with Gasteiger partial charge in [-0.1, -0.05) is 13.8 Å². The molecule has 1 saturated heterocycles. The Morgan fingerprint density at radius 3 is 2.82 bits per heavy atom. The molecule has 1 aliphatic heterocycles. The Kier molecular flexibility index (Phi) is 3.22. The summed E-state index contributed by atoms with van der Waals surface area (Å²) in [6.07, 6.45) is 1.23. The van der Waals surface area contributed by atoms with Gasteiger partial charge in [0.15, 0.2) is 0 Å². The van der Waals surface area contributed by atoms with Crippen LogP contribution < -0.4 is 11.1 Å². The maximum absolute atomic E-state index is 5.77. The summed E-state index contributed by atoms with van der Waals surface area (Å²) in [6, 6.07) is 0. The zero-order chi connectivity index (χ0) is 8.32. The van der Waals surface area contributed by atoms with Gasteiger partial charge in [0.25, 0.3) is 0 Å². The molecular formula is C8H18N2S. The Hall–Kier alpha value is 0.270. The lowest BCUT2D eigenvalue weighted by atomic mass is 9.93. The summed E-state index contributed by atoms with van der Waals surface area (Å²) in [5.74, 6) is 1.26. The van der Waals surface area contributed by atoms with Gasteiger partial charge in [-0.2, -0.15) is 11.8 Å². The molecule has 1 heterocycles. The van der Waals surface area contributed by atoms with E-state index in [4.69, 9.17) is 5.73 Å². The molecule has 0 aromatic carbocycles. The fraction of sp³-hybridized carbons (Fsp3) is 1.00. The third-order valence-corrected chi connectivity index (χ3v) is 3.98. The van der Waals surface area contributed by atoms with Gasteiger partial charge in [0.2, 0.25) is 0 Å². The van der Waals surface area contributed by atoms with Crippen LogP contribution in [0.3, 0.4) is 0 Å². The minimum atomic E-state index is 0.236. The van der Waals surface area contributed by atoms with Gasteiger partial charge < -0.3 is 11.1 Å². The quantitative estimate of drug-likeness (QED) is 0.665. The molecule has 0 radical (unpaired) electrons. The smallest absolute Gasteiger partial charge is 0.0429 e. The highest BCUT2D eigenvalue weighted by Gasteiger charge is 2.38. The summed E-state index contributed by atoms with van der Waals surface area (Å²) >= 11 is 2.03. The molecule has 2 atom stereocenters. The minimum absolute atomic E-state index is 0.236. The highest BCUT2D eigenvalue weighted by molar-refractivity contribution is 8.00. The van der Waals surface area contributed by atoms with Crippen LogP contribution in [-0.2, 0) is 0 Å². The molecule has 0 spiro atoms. The molecule has 0 aromatic rings. The van der Waals surface area contributed by atoms with Crippen LogP contribution in [0, 0.1) is 0 Å². The van der Waals surface area contributed by atoms with Gasteiger partial charge in [0.1, 0.15) is 0 Å². The number of nitrogens with one attached hydrogen (secondary N) is 1. The van der Waals surface area contributed by atoms with Crippen LogP contribution in [0.25, 0.3) is 0 Å². The van der Waals surface area contributed by atoms with Gasteiger partial charge in [0, 0.05) is 17.3 Å². The first-order valence-corrected chi connectivity index (χ1v) is 5.37. The largest absolute Gasteiger partial charge is 0.329 e. The lowest BCUT2D eigenvalue weighted by Gasteiger charge is -2.32. The van der Waals surface area contributed by atoms with E-state index in [2.05, 4.69) is 19.2 Å². The molecule has 2 unspecified atom stereocenters. The number of hydrogen-bond donors (Lipinski definition) is 2. The summed E-state index contributed by atoms with van der Waals surface area (Å²) in [5.41, 5.74) is 6.00. The first kappa shape index (κ1) is 9.36. The van der Waals surface area contributed by atoms with Crippen molar-refractivity contribution in [3.05, 3.63) is 0 Å². The van der Waals surface area contributed by atoms with E-state index in [0.29, 0.717) is 5.25 Å². The number of thioether (sulfide) groups is 1. The number of likely N-dealkylation sites (N-methyl/N-ethyl adjacent to an activating group) is 1. The Bertz CT molecular complexity index is 129. The average molecular weight is 174 g/mol. The molecule has 0 saturated carbocycles. The summed E-state index contributed by atoms with van der Waals surface area (Å²) < 4.78 is 0. The van der Waals surface area contributed by atoms with Gasteiger partial charge >= 0.3 is 0 Å². The van der Waals surface area contributed by atoms with E-state index in [1.54, 1.807) is 0 Å². The molecule has 0 bridgehead atoms. The maximum atomic E-state index is 5.77. The Balaban J connectivity index is 2.57. The topological polar surface area (TPSA) is 38.0 Å². The van der Waals surface area contributed by atoms with E-state index in [1.165, 1.54) is 12.2 Å². The van der Waals surface area contributed by atoms with Crippen molar-refractivity contribution in [2.75, 3.05) is 18.8 Å². The van der Waals surface area contributed by atoms with E-state index >= 15 is 0 Å². The number of hydrogen-bond acceptors (Lipinski definition) is 3. The second kappa shape index (κ2) is 3.78. The normalized spacial score (nSPS) is 37.9. The van der Waals surface area contributed by atoms with Crippen LogP contribution in [-0.4, -0.2) is 29.6 Å². The molecule has 11 heavy (non-hydrogen) atoms. The van der Waals surface area contributed by atoms with Crippen molar-refractivity contribution in [2.24, 2.45) is 5.73 Å². The molecule has 1 aliphatic rings. The second-order valence-electron chi connectivity index (χ2n) is 3.15. The first-order valence-electron chi connectivity index (χ1n) is 4.32. The maximum Gasteiger partial charge on any atom is 0.0429 e. The van der Waals surface area contributed by atoms with E-state index in [-0.39, 0.29) is 5.54 Å². The molecule has 1 fully saturated rings. The molecule has 0 aromatic heterocycles. The molecule has 2 nitrogen and oxygen atoms in total. The van der Waals surface area contributed by atoms with E-state index in [0.717, 1.165) is 13.1 Å². The van der Waals surface area contributed by atoms with Crippen molar-refractivity contribution in [1.82, 2.24) is 5.32 Å². The number of rotatable bonds is 3. The molecule has 3 heteroatoms. The monoisotopic (exact) mass is 174 g/mol. The van der Waals surface area contributed by atoms with Crippen molar-refractivity contribution in [3.8, 4) is 0 Å². The van der Waals surface area contributed by atoms with Crippen molar-refractivity contribution in [3.63, 3.8) is 0 Å². The zero-order valence-corrected chi connectivity index (χ0v) is 8.21. The average Bonchev–Trinajstić information content (AvgIpc) is 2.35. The van der Waals surface area contributed by atoms with Gasteiger partial charge in [-0.25, -0.2) is 0 Å². The van der Waals surface area contributed by atoms with Crippen LogP contribution in [0.1, 0.15) is 20.3 Å². The summed E-state index contributed by atoms with van der Waals surface area (Å²) in [7, 11) is 0. The molecule has 3 N–H and O–H groups in total. The number of nitrogens with two attached hydrogens (primary N) is 1. The van der Waals surface area contributed by atoms with E-state index in [1.807, 2.05) is 11.8 Å². The zero-order valence-electron chi connectivity index (χ0n) is 7.39. The predicted octanol–water partition coefficient (Wildman–Crippen LogP) is 0.819. The third kappa shape index (κ3) is 1.71. The minimum Gasteiger partial charge on any atom is -0.329 e. The highest BCUT2D eigenvalue weighted by atomic mass is 32.2. The van der Waals surface area contributed by atoms with Crippen LogP contribution in [0.2, 0.25) is 0 Å². The Labute approximate surface area is 73.3 Å². The van der Waals surface area contributed by atoms with Crippen LogP contribution >= 0.6 is 11.8 Å². The Morgan fingerprint density at radius 2 is 2.45 bits per heavy atom. The van der Waals surface area contributed by atoms with Crippen LogP contribution in [0.15, 0.2) is 0 Å². The lowest BCUT2D eigenvalue weighted by Crippen LogP contribution is -2.54. The summed E-state index contributed by atoms with van der Waals surface area (Å²) in [4.78, 5) is 0. The molecule has 0 amide bonds. The van der Waals surface area contributed by atoms with Crippen molar-refractivity contribution in [1.29, 1.82) is 0 Å². The Morgan fingerprint density at radius 1 is 1.73 bits per heavy atom. The fourth-order valence-electron chi connectivity index (χ4n) is 1.70. The van der Waals surface area contributed by atoms with Crippen LogP contribution in [0.5, 0.6) is 0 Å². The van der Waals surface area contributed by atoms with Crippen molar-refractivity contribution >= 4 is 11.8 Å².